The van der Waals surface area contributed by atoms with E-state index >= 15 is 0 Å². The molecule has 1 rings (SSSR count). The highest BCUT2D eigenvalue weighted by atomic mass is 32.2. The molecule has 0 atom stereocenters. The van der Waals surface area contributed by atoms with E-state index in [4.69, 9.17) is 4.74 Å². The number of hydrogen-bond donors (Lipinski definition) is 1. The molecule has 96 valence electrons. The molecule has 0 saturated carbocycles. The molecule has 0 aliphatic rings. The predicted octanol–water partition coefficient (Wildman–Crippen LogP) is 3.78. The van der Waals surface area contributed by atoms with E-state index in [-0.39, 0.29) is 0 Å². The van der Waals surface area contributed by atoms with Gasteiger partial charge in [-0.2, -0.15) is 11.8 Å². The molecule has 1 aromatic carbocycles. The summed E-state index contributed by atoms with van der Waals surface area (Å²) in [5, 5.41) is 3.44. The van der Waals surface area contributed by atoms with Crippen LogP contribution in [0.25, 0.3) is 0 Å². The molecule has 0 amide bonds. The second-order valence-corrected chi connectivity index (χ2v) is 6.94. The Balaban J connectivity index is 2.34. The van der Waals surface area contributed by atoms with Gasteiger partial charge in [0.2, 0.25) is 0 Å². The van der Waals surface area contributed by atoms with Crippen LogP contribution < -0.4 is 5.32 Å². The normalized spacial score (nSPS) is 11.5. The van der Waals surface area contributed by atoms with Gasteiger partial charge in [-0.3, -0.25) is 0 Å². The molecule has 17 heavy (non-hydrogen) atoms. The lowest BCUT2D eigenvalue weighted by Crippen LogP contribution is -2.13. The van der Waals surface area contributed by atoms with Crippen molar-refractivity contribution in [2.75, 3.05) is 24.7 Å². The summed E-state index contributed by atoms with van der Waals surface area (Å²) in [6.07, 6.45) is 0. The van der Waals surface area contributed by atoms with Crippen LogP contribution in [-0.2, 0) is 11.3 Å². The Morgan fingerprint density at radius 3 is 2.71 bits per heavy atom. The fourth-order valence-corrected chi connectivity index (χ4v) is 2.31. The standard InChI is InChI=1S/C14H23NOS/c1-14(2,3)17-9-8-15-13-7-5-6-12(10-13)11-16-4/h5-7,10,15H,8-9,11H2,1-4H3. The summed E-state index contributed by atoms with van der Waals surface area (Å²) in [4.78, 5) is 0. The number of thioether (sulfide) groups is 1. The number of rotatable bonds is 6. The van der Waals surface area contributed by atoms with Gasteiger partial charge < -0.3 is 10.1 Å². The topological polar surface area (TPSA) is 21.3 Å². The summed E-state index contributed by atoms with van der Waals surface area (Å²) in [7, 11) is 1.72. The molecule has 2 nitrogen and oxygen atoms in total. The molecule has 0 aliphatic heterocycles. The van der Waals surface area contributed by atoms with E-state index in [1.54, 1.807) is 7.11 Å². The lowest BCUT2D eigenvalue weighted by molar-refractivity contribution is 0.185. The molecule has 0 fully saturated rings. The van der Waals surface area contributed by atoms with Crippen LogP contribution in [-0.4, -0.2) is 24.2 Å². The highest BCUT2D eigenvalue weighted by Crippen LogP contribution is 2.22. The largest absolute Gasteiger partial charge is 0.384 e. The molecule has 3 heteroatoms. The van der Waals surface area contributed by atoms with Crippen LogP contribution in [0.1, 0.15) is 26.3 Å². The van der Waals surface area contributed by atoms with Gasteiger partial charge >= 0.3 is 0 Å². The van der Waals surface area contributed by atoms with Gasteiger partial charge in [0.05, 0.1) is 6.61 Å². The Morgan fingerprint density at radius 1 is 1.29 bits per heavy atom. The first-order valence-electron chi connectivity index (χ1n) is 5.97. The van der Waals surface area contributed by atoms with Crippen LogP contribution in [0, 0.1) is 0 Å². The van der Waals surface area contributed by atoms with E-state index in [2.05, 4.69) is 50.4 Å². The van der Waals surface area contributed by atoms with Gasteiger partial charge in [-0.1, -0.05) is 32.9 Å². The van der Waals surface area contributed by atoms with Crippen molar-refractivity contribution in [2.45, 2.75) is 32.1 Å². The molecular weight excluding hydrogens is 230 g/mol. The van der Waals surface area contributed by atoms with Crippen molar-refractivity contribution >= 4 is 17.4 Å². The number of anilines is 1. The van der Waals surface area contributed by atoms with Crippen molar-refractivity contribution in [1.29, 1.82) is 0 Å². The van der Waals surface area contributed by atoms with E-state index in [0.29, 0.717) is 11.4 Å². The first-order chi connectivity index (χ1) is 8.01. The highest BCUT2D eigenvalue weighted by molar-refractivity contribution is 8.00. The van der Waals surface area contributed by atoms with Gasteiger partial charge in [0, 0.05) is 29.8 Å². The molecule has 1 N–H and O–H groups in total. The SMILES string of the molecule is COCc1cccc(NCCSC(C)(C)C)c1. The third-order valence-corrected chi connectivity index (χ3v) is 3.48. The fraction of sp³-hybridized carbons (Fsp3) is 0.571. The zero-order valence-corrected chi connectivity index (χ0v) is 12.1. The summed E-state index contributed by atoms with van der Waals surface area (Å²) in [6.45, 7) is 8.41. The molecule has 0 aromatic heterocycles. The molecule has 0 radical (unpaired) electrons. The fourth-order valence-electron chi connectivity index (χ4n) is 1.49. The lowest BCUT2D eigenvalue weighted by atomic mass is 10.2. The zero-order valence-electron chi connectivity index (χ0n) is 11.2. The molecule has 0 unspecified atom stereocenters. The van der Waals surface area contributed by atoms with E-state index < -0.39 is 0 Å². The van der Waals surface area contributed by atoms with E-state index in [1.165, 1.54) is 11.3 Å². The smallest absolute Gasteiger partial charge is 0.0713 e. The summed E-state index contributed by atoms with van der Waals surface area (Å²) >= 11 is 1.98. The number of benzene rings is 1. The van der Waals surface area contributed by atoms with Crippen LogP contribution in [0.3, 0.4) is 0 Å². The minimum atomic E-state index is 0.347. The van der Waals surface area contributed by atoms with Gasteiger partial charge in [-0.15, -0.1) is 0 Å². The maximum atomic E-state index is 5.12. The third kappa shape index (κ3) is 6.59. The molecule has 0 saturated heterocycles. The van der Waals surface area contributed by atoms with Crippen molar-refractivity contribution in [3.63, 3.8) is 0 Å². The average molecular weight is 253 g/mol. The molecule has 0 heterocycles. The second kappa shape index (κ2) is 6.92. The van der Waals surface area contributed by atoms with E-state index in [9.17, 15) is 0 Å². The Bertz CT molecular complexity index is 333. The molecule has 0 aliphatic carbocycles. The second-order valence-electron chi connectivity index (χ2n) is 5.02. The molecule has 0 spiro atoms. The van der Waals surface area contributed by atoms with Gasteiger partial charge in [-0.05, 0) is 17.7 Å². The maximum Gasteiger partial charge on any atom is 0.0713 e. The zero-order chi connectivity index (χ0) is 12.7. The van der Waals surface area contributed by atoms with Crippen molar-refractivity contribution in [2.24, 2.45) is 0 Å². The molecule has 1 aromatic rings. The van der Waals surface area contributed by atoms with Crippen LogP contribution in [0.15, 0.2) is 24.3 Å². The predicted molar refractivity (Wildman–Crippen MR) is 77.9 cm³/mol. The number of ether oxygens (including phenoxy) is 1. The van der Waals surface area contributed by atoms with Gasteiger partial charge in [0.1, 0.15) is 0 Å². The summed E-state index contributed by atoms with van der Waals surface area (Å²) < 4.78 is 5.47. The summed E-state index contributed by atoms with van der Waals surface area (Å²) in [6, 6.07) is 8.39. The van der Waals surface area contributed by atoms with Crippen LogP contribution in [0.2, 0.25) is 0 Å². The van der Waals surface area contributed by atoms with Crippen molar-refractivity contribution in [1.82, 2.24) is 0 Å². The average Bonchev–Trinajstić information content (AvgIpc) is 2.24. The number of hydrogen-bond acceptors (Lipinski definition) is 3. The maximum absolute atomic E-state index is 5.12. The van der Waals surface area contributed by atoms with Crippen molar-refractivity contribution < 1.29 is 4.74 Å². The van der Waals surface area contributed by atoms with Gasteiger partial charge in [-0.25, -0.2) is 0 Å². The van der Waals surface area contributed by atoms with Crippen LogP contribution >= 0.6 is 11.8 Å². The first kappa shape index (κ1) is 14.4. The Kier molecular flexibility index (Phi) is 5.86. The Morgan fingerprint density at radius 2 is 2.06 bits per heavy atom. The quantitative estimate of drug-likeness (QED) is 0.780. The number of nitrogens with one attached hydrogen (secondary N) is 1. The third-order valence-electron chi connectivity index (χ3n) is 2.20. The molecular formula is C14H23NOS. The van der Waals surface area contributed by atoms with Crippen molar-refractivity contribution in [3.05, 3.63) is 29.8 Å². The lowest BCUT2D eigenvalue weighted by Gasteiger charge is -2.17. The van der Waals surface area contributed by atoms with Crippen molar-refractivity contribution in [3.8, 4) is 0 Å². The van der Waals surface area contributed by atoms with E-state index in [1.807, 2.05) is 11.8 Å². The van der Waals surface area contributed by atoms with E-state index in [0.717, 1.165) is 12.3 Å². The monoisotopic (exact) mass is 253 g/mol. The Labute approximate surface area is 109 Å². The first-order valence-corrected chi connectivity index (χ1v) is 6.95. The van der Waals surface area contributed by atoms with Gasteiger partial charge in [0.25, 0.3) is 0 Å². The Hall–Kier alpha value is -0.670. The molecule has 0 bridgehead atoms. The number of methoxy groups -OCH3 is 1. The van der Waals surface area contributed by atoms with Crippen LogP contribution in [0.4, 0.5) is 5.69 Å². The highest BCUT2D eigenvalue weighted by Gasteiger charge is 2.09. The van der Waals surface area contributed by atoms with Gasteiger partial charge in [0.15, 0.2) is 0 Å². The minimum Gasteiger partial charge on any atom is -0.384 e. The minimum absolute atomic E-state index is 0.347. The summed E-state index contributed by atoms with van der Waals surface area (Å²) in [5.74, 6) is 1.12. The van der Waals surface area contributed by atoms with Crippen LogP contribution in [0.5, 0.6) is 0 Å². The summed E-state index contributed by atoms with van der Waals surface area (Å²) in [5.41, 5.74) is 2.38.